The van der Waals surface area contributed by atoms with Crippen LogP contribution >= 0.6 is 0 Å². The number of hydrogen-bond donors (Lipinski definition) is 1. The van der Waals surface area contributed by atoms with Crippen LogP contribution in [0, 0.1) is 0 Å². The number of nitrogens with one attached hydrogen (secondary N) is 1. The Kier molecular flexibility index (Phi) is 1.57. The maximum atomic E-state index is 11.9. The van der Waals surface area contributed by atoms with Crippen molar-refractivity contribution in [3.05, 3.63) is 29.3 Å². The van der Waals surface area contributed by atoms with Crippen LogP contribution in [-0.2, 0) is 10.2 Å². The van der Waals surface area contributed by atoms with Crippen LogP contribution in [0.3, 0.4) is 0 Å². The van der Waals surface area contributed by atoms with E-state index in [-0.39, 0.29) is 11.3 Å². The topological polar surface area (TPSA) is 29.1 Å². The van der Waals surface area contributed by atoms with Crippen molar-refractivity contribution in [3.8, 4) is 0 Å². The summed E-state index contributed by atoms with van der Waals surface area (Å²) < 4.78 is 0. The second kappa shape index (κ2) is 2.63. The molecule has 0 atom stereocenters. The highest BCUT2D eigenvalue weighted by atomic mass is 16.2. The van der Waals surface area contributed by atoms with Gasteiger partial charge < -0.3 is 5.32 Å². The average Bonchev–Trinajstić information content (AvgIpc) is 2.92. The van der Waals surface area contributed by atoms with Crippen molar-refractivity contribution in [2.75, 3.05) is 5.32 Å². The zero-order chi connectivity index (χ0) is 10.6. The van der Waals surface area contributed by atoms with Crippen molar-refractivity contribution >= 4 is 11.6 Å². The largest absolute Gasteiger partial charge is 0.325 e. The summed E-state index contributed by atoms with van der Waals surface area (Å²) in [5.74, 6) is 0.704. The zero-order valence-electron chi connectivity index (χ0n) is 9.13. The van der Waals surface area contributed by atoms with Crippen molar-refractivity contribution < 1.29 is 4.79 Å². The van der Waals surface area contributed by atoms with Crippen LogP contribution in [-0.4, -0.2) is 5.91 Å². The van der Waals surface area contributed by atoms with Gasteiger partial charge in [0.1, 0.15) is 0 Å². The average molecular weight is 201 g/mol. The van der Waals surface area contributed by atoms with Gasteiger partial charge in [-0.05, 0) is 36.0 Å². The van der Waals surface area contributed by atoms with Gasteiger partial charge in [0, 0.05) is 5.69 Å². The second-order valence-corrected chi connectivity index (χ2v) is 4.96. The highest BCUT2D eigenvalue weighted by molar-refractivity contribution is 6.08. The Morgan fingerprint density at radius 3 is 2.67 bits per heavy atom. The first-order chi connectivity index (χ1) is 7.15. The molecule has 1 aromatic carbocycles. The van der Waals surface area contributed by atoms with E-state index in [1.807, 2.05) is 12.1 Å². The number of benzene rings is 1. The molecule has 1 amide bonds. The third kappa shape index (κ3) is 1.02. The molecule has 1 saturated carbocycles. The summed E-state index contributed by atoms with van der Waals surface area (Å²) >= 11 is 0. The van der Waals surface area contributed by atoms with E-state index in [4.69, 9.17) is 0 Å². The molecule has 2 heteroatoms. The van der Waals surface area contributed by atoms with E-state index in [2.05, 4.69) is 25.2 Å². The highest BCUT2D eigenvalue weighted by Gasteiger charge is 2.57. The Bertz CT molecular complexity index is 444. The third-order valence-electron chi connectivity index (χ3n) is 3.63. The molecule has 1 heterocycles. The molecule has 2 nitrogen and oxygen atoms in total. The van der Waals surface area contributed by atoms with Gasteiger partial charge in [-0.1, -0.05) is 26.0 Å². The number of anilines is 1. The van der Waals surface area contributed by atoms with E-state index in [1.165, 1.54) is 11.1 Å². The second-order valence-electron chi connectivity index (χ2n) is 4.96. The minimum atomic E-state index is -0.143. The van der Waals surface area contributed by atoms with Gasteiger partial charge in [-0.3, -0.25) is 4.79 Å². The maximum Gasteiger partial charge on any atom is 0.235 e. The van der Waals surface area contributed by atoms with E-state index in [1.54, 1.807) is 0 Å². The fourth-order valence-corrected chi connectivity index (χ4v) is 2.65. The number of amides is 1. The van der Waals surface area contributed by atoms with Crippen LogP contribution in [0.25, 0.3) is 0 Å². The number of carbonyl (C=O) groups excluding carboxylic acids is 1. The van der Waals surface area contributed by atoms with Gasteiger partial charge in [0.05, 0.1) is 5.41 Å². The summed E-state index contributed by atoms with van der Waals surface area (Å²) in [6.07, 6.45) is 2.05. The van der Waals surface area contributed by atoms with E-state index in [0.717, 1.165) is 18.5 Å². The number of fused-ring (bicyclic) bond motifs is 2. The molecule has 3 rings (SSSR count). The summed E-state index contributed by atoms with van der Waals surface area (Å²) in [7, 11) is 0. The van der Waals surface area contributed by atoms with Crippen molar-refractivity contribution in [1.29, 1.82) is 0 Å². The lowest BCUT2D eigenvalue weighted by Gasteiger charge is -2.14. The third-order valence-corrected chi connectivity index (χ3v) is 3.63. The Labute approximate surface area is 89.7 Å². The quantitative estimate of drug-likeness (QED) is 0.743. The van der Waals surface area contributed by atoms with Crippen molar-refractivity contribution in [3.63, 3.8) is 0 Å². The van der Waals surface area contributed by atoms with E-state index in [9.17, 15) is 4.79 Å². The van der Waals surface area contributed by atoms with Crippen molar-refractivity contribution in [1.82, 2.24) is 0 Å². The molecule has 0 saturated heterocycles. The first-order valence-corrected chi connectivity index (χ1v) is 5.60. The number of hydrogen-bond acceptors (Lipinski definition) is 1. The van der Waals surface area contributed by atoms with Crippen LogP contribution in [0.1, 0.15) is 43.7 Å². The van der Waals surface area contributed by atoms with Gasteiger partial charge in [0.25, 0.3) is 0 Å². The fraction of sp³-hybridized carbons (Fsp3) is 0.462. The first-order valence-electron chi connectivity index (χ1n) is 5.60. The molecule has 1 spiro atoms. The molecule has 78 valence electrons. The summed E-state index contributed by atoms with van der Waals surface area (Å²) in [6.45, 7) is 4.38. The lowest BCUT2D eigenvalue weighted by Crippen LogP contribution is -2.19. The van der Waals surface area contributed by atoms with Crippen LogP contribution in [0.4, 0.5) is 5.69 Å². The molecule has 0 aromatic heterocycles. The van der Waals surface area contributed by atoms with Gasteiger partial charge in [-0.25, -0.2) is 0 Å². The summed E-state index contributed by atoms with van der Waals surface area (Å²) in [4.78, 5) is 11.9. The van der Waals surface area contributed by atoms with Gasteiger partial charge in [-0.15, -0.1) is 0 Å². The van der Waals surface area contributed by atoms with Gasteiger partial charge in [0.15, 0.2) is 0 Å². The molecule has 2 aliphatic rings. The van der Waals surface area contributed by atoms with E-state index >= 15 is 0 Å². The number of rotatable bonds is 1. The van der Waals surface area contributed by atoms with Crippen molar-refractivity contribution in [2.24, 2.45) is 0 Å². The predicted octanol–water partition coefficient (Wildman–Crippen LogP) is 2.79. The van der Waals surface area contributed by atoms with Crippen LogP contribution in [0.5, 0.6) is 0 Å². The SMILES string of the molecule is CC(C)c1cccc2c1C1(CC1)C(=O)N2. The van der Waals surface area contributed by atoms with E-state index < -0.39 is 0 Å². The lowest BCUT2D eigenvalue weighted by atomic mass is 9.87. The minimum absolute atomic E-state index is 0.143. The molecule has 15 heavy (non-hydrogen) atoms. The fourth-order valence-electron chi connectivity index (χ4n) is 2.65. The zero-order valence-corrected chi connectivity index (χ0v) is 9.13. The Morgan fingerprint density at radius 1 is 1.33 bits per heavy atom. The molecule has 0 bridgehead atoms. The highest BCUT2D eigenvalue weighted by Crippen LogP contribution is 2.57. The monoisotopic (exact) mass is 201 g/mol. The standard InChI is InChI=1S/C13H15NO/c1-8(2)9-4-3-5-10-11(9)13(6-7-13)12(15)14-10/h3-5,8H,6-7H2,1-2H3,(H,14,15). The molecule has 1 fully saturated rings. The normalized spacial score (nSPS) is 20.6. The number of carbonyl (C=O) groups is 1. The van der Waals surface area contributed by atoms with Gasteiger partial charge in [0.2, 0.25) is 5.91 Å². The molecule has 0 unspecified atom stereocenters. The summed E-state index contributed by atoms with van der Waals surface area (Å²) in [6, 6.07) is 6.21. The lowest BCUT2D eigenvalue weighted by molar-refractivity contribution is -0.117. The molecule has 1 N–H and O–H groups in total. The Balaban J connectivity index is 2.24. The maximum absolute atomic E-state index is 11.9. The molecule has 1 aliphatic heterocycles. The van der Waals surface area contributed by atoms with Gasteiger partial charge >= 0.3 is 0 Å². The summed E-state index contributed by atoms with van der Waals surface area (Å²) in [5, 5.41) is 3.01. The first kappa shape index (κ1) is 8.96. The van der Waals surface area contributed by atoms with Gasteiger partial charge in [-0.2, -0.15) is 0 Å². The molecular formula is C13H15NO. The Hall–Kier alpha value is -1.31. The Morgan fingerprint density at radius 2 is 2.07 bits per heavy atom. The van der Waals surface area contributed by atoms with Crippen molar-refractivity contribution in [2.45, 2.75) is 38.0 Å². The molecule has 1 aliphatic carbocycles. The van der Waals surface area contributed by atoms with Crippen LogP contribution in [0.15, 0.2) is 18.2 Å². The smallest absolute Gasteiger partial charge is 0.235 e. The van der Waals surface area contributed by atoms with Crippen LogP contribution in [0.2, 0.25) is 0 Å². The molecular weight excluding hydrogens is 186 g/mol. The van der Waals surface area contributed by atoms with Crippen LogP contribution < -0.4 is 5.32 Å². The minimum Gasteiger partial charge on any atom is -0.325 e. The van der Waals surface area contributed by atoms with E-state index in [0.29, 0.717) is 5.92 Å². The molecule has 1 aromatic rings. The molecule has 0 radical (unpaired) electrons. The summed E-state index contributed by atoms with van der Waals surface area (Å²) in [5.41, 5.74) is 3.52. The predicted molar refractivity (Wildman–Crippen MR) is 60.1 cm³/mol.